The number of nitrogens with zero attached hydrogens (tertiary/aromatic N) is 2. The van der Waals surface area contributed by atoms with Crippen LogP contribution in [0.3, 0.4) is 0 Å². The maximum absolute atomic E-state index is 5.87. The van der Waals surface area contributed by atoms with Crippen molar-refractivity contribution in [3.8, 4) is 0 Å². The number of fused-ring (bicyclic) bond motifs is 1. The summed E-state index contributed by atoms with van der Waals surface area (Å²) in [4.78, 5) is 4.30. The highest BCUT2D eigenvalue weighted by Crippen LogP contribution is 2.14. The van der Waals surface area contributed by atoms with E-state index in [0.29, 0.717) is 0 Å². The molecule has 0 aliphatic carbocycles. The maximum Gasteiger partial charge on any atom is 0.114 e. The lowest BCUT2D eigenvalue weighted by molar-refractivity contribution is 0.700. The minimum absolute atomic E-state index is 0.122. The zero-order valence-corrected chi connectivity index (χ0v) is 8.70. The van der Waals surface area contributed by atoms with Gasteiger partial charge in [-0.15, -0.1) is 0 Å². The van der Waals surface area contributed by atoms with Crippen LogP contribution in [0.4, 0.5) is 0 Å². The molecule has 14 heavy (non-hydrogen) atoms. The summed E-state index contributed by atoms with van der Waals surface area (Å²) in [6.45, 7) is 1.97. The molecule has 2 rings (SSSR count). The number of rotatable bonds is 2. The van der Waals surface area contributed by atoms with E-state index in [1.165, 1.54) is 0 Å². The molecule has 2 aromatic heterocycles. The van der Waals surface area contributed by atoms with Crippen molar-refractivity contribution in [1.82, 2.24) is 9.38 Å². The Morgan fingerprint density at radius 1 is 1.64 bits per heavy atom. The summed E-state index contributed by atoms with van der Waals surface area (Å²) in [5.74, 6) is 0.978. The molecule has 0 spiro atoms. The summed E-state index contributed by atoms with van der Waals surface area (Å²) in [5, 5.41) is 0.727. The van der Waals surface area contributed by atoms with Crippen LogP contribution in [0.5, 0.6) is 0 Å². The number of nitrogens with two attached hydrogens (primary N) is 1. The van der Waals surface area contributed by atoms with Gasteiger partial charge in [0.2, 0.25) is 0 Å². The fourth-order valence-corrected chi connectivity index (χ4v) is 1.64. The van der Waals surface area contributed by atoms with E-state index < -0.39 is 0 Å². The van der Waals surface area contributed by atoms with Gasteiger partial charge in [0.15, 0.2) is 0 Å². The lowest BCUT2D eigenvalue weighted by atomic mass is 10.2. The van der Waals surface area contributed by atoms with Gasteiger partial charge in [0.25, 0.3) is 0 Å². The van der Waals surface area contributed by atoms with E-state index in [-0.39, 0.29) is 6.04 Å². The van der Waals surface area contributed by atoms with Gasteiger partial charge in [-0.1, -0.05) is 11.6 Å². The molecule has 74 valence electrons. The number of hydrogen-bond acceptors (Lipinski definition) is 2. The van der Waals surface area contributed by atoms with Gasteiger partial charge < -0.3 is 10.1 Å². The van der Waals surface area contributed by atoms with Crippen molar-refractivity contribution in [2.45, 2.75) is 19.4 Å². The average molecular weight is 210 g/mol. The van der Waals surface area contributed by atoms with Gasteiger partial charge >= 0.3 is 0 Å². The monoisotopic (exact) mass is 209 g/mol. The largest absolute Gasteiger partial charge is 0.328 e. The summed E-state index contributed by atoms with van der Waals surface area (Å²) in [7, 11) is 0. The number of pyridine rings is 1. The molecular formula is C10H12ClN3. The minimum atomic E-state index is 0.122. The smallest absolute Gasteiger partial charge is 0.114 e. The molecule has 0 radical (unpaired) electrons. The molecule has 0 saturated heterocycles. The second kappa shape index (κ2) is 3.59. The van der Waals surface area contributed by atoms with Gasteiger partial charge in [-0.2, -0.15) is 0 Å². The zero-order valence-electron chi connectivity index (χ0n) is 7.94. The summed E-state index contributed by atoms with van der Waals surface area (Å²) in [6, 6.07) is 3.86. The first kappa shape index (κ1) is 9.49. The van der Waals surface area contributed by atoms with Crippen molar-refractivity contribution < 1.29 is 0 Å². The van der Waals surface area contributed by atoms with Gasteiger partial charge in [-0.3, -0.25) is 0 Å². The van der Waals surface area contributed by atoms with E-state index in [1.807, 2.05) is 35.9 Å². The third-order valence-electron chi connectivity index (χ3n) is 2.08. The molecule has 0 fully saturated rings. The van der Waals surface area contributed by atoms with Crippen LogP contribution < -0.4 is 5.73 Å². The highest BCUT2D eigenvalue weighted by molar-refractivity contribution is 6.30. The van der Waals surface area contributed by atoms with Crippen molar-refractivity contribution in [2.24, 2.45) is 5.73 Å². The Balaban J connectivity index is 2.47. The molecule has 0 saturated carbocycles. The van der Waals surface area contributed by atoms with E-state index in [4.69, 9.17) is 17.3 Å². The molecule has 3 nitrogen and oxygen atoms in total. The van der Waals surface area contributed by atoms with Crippen LogP contribution in [-0.4, -0.2) is 15.4 Å². The lowest BCUT2D eigenvalue weighted by Gasteiger charge is -2.04. The van der Waals surface area contributed by atoms with Crippen LogP contribution in [0, 0.1) is 0 Å². The molecule has 2 heterocycles. The maximum atomic E-state index is 5.87. The average Bonchev–Trinajstić information content (AvgIpc) is 2.47. The normalized spacial score (nSPS) is 13.4. The zero-order chi connectivity index (χ0) is 10.1. The van der Waals surface area contributed by atoms with E-state index in [0.717, 1.165) is 22.8 Å². The summed E-state index contributed by atoms with van der Waals surface area (Å²) < 4.78 is 2.01. The molecule has 1 unspecified atom stereocenters. The van der Waals surface area contributed by atoms with E-state index >= 15 is 0 Å². The second-order valence-electron chi connectivity index (χ2n) is 3.50. The third-order valence-corrected chi connectivity index (χ3v) is 2.31. The van der Waals surface area contributed by atoms with Gasteiger partial charge in [-0.25, -0.2) is 4.98 Å². The van der Waals surface area contributed by atoms with Gasteiger partial charge in [0.1, 0.15) is 5.82 Å². The summed E-state index contributed by atoms with van der Waals surface area (Å²) in [5.41, 5.74) is 6.73. The number of hydrogen-bond donors (Lipinski definition) is 1. The first-order valence-corrected chi connectivity index (χ1v) is 4.91. The Morgan fingerprint density at radius 2 is 2.43 bits per heavy atom. The molecule has 4 heteroatoms. The Kier molecular flexibility index (Phi) is 2.44. The van der Waals surface area contributed by atoms with E-state index in [1.54, 1.807) is 0 Å². The van der Waals surface area contributed by atoms with Crippen molar-refractivity contribution in [2.75, 3.05) is 0 Å². The summed E-state index contributed by atoms with van der Waals surface area (Å²) >= 11 is 5.87. The molecule has 2 aromatic rings. The molecule has 0 aliphatic rings. The highest BCUT2D eigenvalue weighted by Gasteiger charge is 2.05. The van der Waals surface area contributed by atoms with Crippen LogP contribution in [0.15, 0.2) is 24.5 Å². The number of halogens is 1. The van der Waals surface area contributed by atoms with E-state index in [2.05, 4.69) is 4.98 Å². The quantitative estimate of drug-likeness (QED) is 0.821. The molecule has 2 N–H and O–H groups in total. The Hall–Kier alpha value is -1.06. The van der Waals surface area contributed by atoms with E-state index in [9.17, 15) is 0 Å². The molecular weight excluding hydrogens is 198 g/mol. The third kappa shape index (κ3) is 1.74. The second-order valence-corrected chi connectivity index (χ2v) is 3.93. The van der Waals surface area contributed by atoms with Gasteiger partial charge in [-0.05, 0) is 19.1 Å². The standard InChI is InChI=1S/C10H12ClN3/c1-7(12)4-10-13-6-9-5-8(11)2-3-14(9)10/h2-3,5-7H,4,12H2,1H3. The molecule has 1 atom stereocenters. The lowest BCUT2D eigenvalue weighted by Crippen LogP contribution is -2.19. The topological polar surface area (TPSA) is 43.3 Å². The van der Waals surface area contributed by atoms with Crippen molar-refractivity contribution >= 4 is 17.1 Å². The van der Waals surface area contributed by atoms with Crippen molar-refractivity contribution in [1.29, 1.82) is 0 Å². The van der Waals surface area contributed by atoms with Crippen LogP contribution in [-0.2, 0) is 6.42 Å². The number of aromatic nitrogens is 2. The molecule has 0 bridgehead atoms. The first-order valence-electron chi connectivity index (χ1n) is 4.54. The predicted octanol–water partition coefficient (Wildman–Crippen LogP) is 1.88. The van der Waals surface area contributed by atoms with Crippen LogP contribution in [0.25, 0.3) is 5.52 Å². The van der Waals surface area contributed by atoms with Crippen LogP contribution in [0.2, 0.25) is 5.02 Å². The van der Waals surface area contributed by atoms with Crippen LogP contribution >= 0.6 is 11.6 Å². The SMILES string of the molecule is CC(N)Cc1ncc2cc(Cl)ccn12. The molecule has 0 aromatic carbocycles. The Morgan fingerprint density at radius 3 is 3.14 bits per heavy atom. The van der Waals surface area contributed by atoms with Crippen molar-refractivity contribution in [3.05, 3.63) is 35.4 Å². The van der Waals surface area contributed by atoms with Crippen LogP contribution in [0.1, 0.15) is 12.7 Å². The van der Waals surface area contributed by atoms with Gasteiger partial charge in [0, 0.05) is 23.7 Å². The fourth-order valence-electron chi connectivity index (χ4n) is 1.47. The predicted molar refractivity (Wildman–Crippen MR) is 57.6 cm³/mol. The van der Waals surface area contributed by atoms with Crippen molar-refractivity contribution in [3.63, 3.8) is 0 Å². The number of imidazole rings is 1. The molecule has 0 amide bonds. The minimum Gasteiger partial charge on any atom is -0.328 e. The highest BCUT2D eigenvalue weighted by atomic mass is 35.5. The fraction of sp³-hybridized carbons (Fsp3) is 0.300. The summed E-state index contributed by atoms with van der Waals surface area (Å²) in [6.07, 6.45) is 4.50. The van der Waals surface area contributed by atoms with Gasteiger partial charge in [0.05, 0.1) is 11.7 Å². The Bertz CT molecular complexity index is 448. The molecule has 0 aliphatic heterocycles. The Labute approximate surface area is 87.5 Å². The first-order chi connectivity index (χ1) is 6.66.